The van der Waals surface area contributed by atoms with Gasteiger partial charge in [0.15, 0.2) is 0 Å². The molecule has 3 aromatic rings. The molecule has 0 aliphatic carbocycles. The van der Waals surface area contributed by atoms with Crippen LogP contribution in [0.5, 0.6) is 5.75 Å². The van der Waals surface area contributed by atoms with Crippen LogP contribution < -0.4 is 20.3 Å². The molecular formula is C34H42N4O2. The van der Waals surface area contributed by atoms with E-state index in [1.54, 1.807) is 0 Å². The molecule has 0 aromatic heterocycles. The lowest BCUT2D eigenvalue weighted by atomic mass is 9.99. The molecule has 0 radical (unpaired) electrons. The van der Waals surface area contributed by atoms with Crippen LogP contribution in [0.4, 0.5) is 17.1 Å². The topological polar surface area (TPSA) is 56.8 Å². The molecule has 1 amide bonds. The molecule has 0 unspecified atom stereocenters. The molecule has 1 atom stereocenters. The number of nitrogens with zero attached hydrogens (tertiary/aromatic N) is 2. The maximum atomic E-state index is 14.0. The van der Waals surface area contributed by atoms with Crippen molar-refractivity contribution in [1.29, 1.82) is 0 Å². The van der Waals surface area contributed by atoms with Crippen molar-refractivity contribution in [3.63, 3.8) is 0 Å². The highest BCUT2D eigenvalue weighted by Crippen LogP contribution is 2.36. The first-order valence-corrected chi connectivity index (χ1v) is 15.1. The number of benzene rings is 3. The minimum absolute atomic E-state index is 0.0142. The Hall–Kier alpha value is -3.51. The van der Waals surface area contributed by atoms with Gasteiger partial charge in [-0.05, 0) is 112 Å². The third-order valence-corrected chi connectivity index (χ3v) is 8.73. The van der Waals surface area contributed by atoms with Gasteiger partial charge in [0.05, 0.1) is 18.0 Å². The molecule has 6 rings (SSSR count). The lowest BCUT2D eigenvalue weighted by molar-refractivity contribution is 0.0986. The average molecular weight is 539 g/mol. The van der Waals surface area contributed by atoms with E-state index in [2.05, 4.69) is 59.7 Å². The van der Waals surface area contributed by atoms with E-state index in [9.17, 15) is 4.79 Å². The van der Waals surface area contributed by atoms with Crippen molar-refractivity contribution in [3.8, 4) is 16.9 Å². The Balaban J connectivity index is 1.25. The summed E-state index contributed by atoms with van der Waals surface area (Å²) < 4.78 is 6.49. The maximum Gasteiger partial charge on any atom is 0.258 e. The number of piperidine rings is 1. The van der Waals surface area contributed by atoms with Gasteiger partial charge in [-0.25, -0.2) is 0 Å². The Labute approximate surface area is 238 Å². The second kappa shape index (κ2) is 11.9. The normalized spacial score (nSPS) is 19.2. The molecule has 40 heavy (non-hydrogen) atoms. The minimum Gasteiger partial charge on any atom is -0.493 e. The van der Waals surface area contributed by atoms with Crippen LogP contribution in [0.2, 0.25) is 0 Å². The van der Waals surface area contributed by atoms with E-state index in [0.717, 1.165) is 66.5 Å². The van der Waals surface area contributed by atoms with E-state index < -0.39 is 0 Å². The zero-order valence-corrected chi connectivity index (χ0v) is 23.9. The zero-order valence-electron chi connectivity index (χ0n) is 23.9. The average Bonchev–Trinajstić information content (AvgIpc) is 3.38. The molecular weight excluding hydrogens is 496 g/mol. The molecule has 0 spiro atoms. The van der Waals surface area contributed by atoms with E-state index in [1.807, 2.05) is 35.2 Å². The van der Waals surface area contributed by atoms with Crippen LogP contribution in [-0.4, -0.2) is 56.2 Å². The minimum atomic E-state index is 0.0142. The smallest absolute Gasteiger partial charge is 0.258 e. The highest BCUT2D eigenvalue weighted by Gasteiger charge is 2.25. The number of likely N-dealkylation sites (tertiary alicyclic amines) is 1. The molecule has 1 saturated heterocycles. The number of hydrogen-bond donors (Lipinski definition) is 2. The number of fused-ring (bicyclic) bond motifs is 2. The first-order valence-electron chi connectivity index (χ1n) is 15.1. The third-order valence-electron chi connectivity index (χ3n) is 8.73. The molecule has 3 aliphatic heterocycles. The summed E-state index contributed by atoms with van der Waals surface area (Å²) in [5, 5.41) is 7.01. The van der Waals surface area contributed by atoms with Crippen molar-refractivity contribution in [2.24, 2.45) is 5.92 Å². The predicted molar refractivity (Wildman–Crippen MR) is 165 cm³/mol. The van der Waals surface area contributed by atoms with Gasteiger partial charge in [0, 0.05) is 42.5 Å². The first-order chi connectivity index (χ1) is 19.5. The summed E-state index contributed by atoms with van der Waals surface area (Å²) in [5.74, 6) is 1.65. The van der Waals surface area contributed by atoms with E-state index in [4.69, 9.17) is 4.74 Å². The molecule has 0 saturated carbocycles. The molecule has 6 nitrogen and oxygen atoms in total. The SMILES string of the molecule is CC1CCN(CCCOc2cc(C(=O)N3CC[C@H](C)Nc4ccccc43)ccc2-c2ccc3c(c2)CCN3)CC1. The van der Waals surface area contributed by atoms with Crippen LogP contribution in [0, 0.1) is 5.92 Å². The fraction of sp³-hybridized carbons (Fsp3) is 0.441. The predicted octanol–water partition coefficient (Wildman–Crippen LogP) is 6.67. The summed E-state index contributed by atoms with van der Waals surface area (Å²) >= 11 is 0. The number of carbonyl (C=O) groups excluding carboxylic acids is 1. The Morgan fingerprint density at radius 3 is 2.67 bits per heavy atom. The number of nitrogens with one attached hydrogen (secondary N) is 2. The van der Waals surface area contributed by atoms with Crippen molar-refractivity contribution in [2.75, 3.05) is 54.9 Å². The number of carbonyl (C=O) groups is 1. The van der Waals surface area contributed by atoms with Crippen LogP contribution in [-0.2, 0) is 6.42 Å². The molecule has 3 aliphatic rings. The molecule has 2 N–H and O–H groups in total. The van der Waals surface area contributed by atoms with Gasteiger partial charge < -0.3 is 25.2 Å². The summed E-state index contributed by atoms with van der Waals surface area (Å²) in [6.45, 7) is 10.2. The van der Waals surface area contributed by atoms with Gasteiger partial charge in [-0.1, -0.05) is 25.1 Å². The Kier molecular flexibility index (Phi) is 7.96. The highest BCUT2D eigenvalue weighted by molar-refractivity contribution is 6.08. The van der Waals surface area contributed by atoms with Gasteiger partial charge in [0.25, 0.3) is 5.91 Å². The summed E-state index contributed by atoms with van der Waals surface area (Å²) in [4.78, 5) is 18.4. The number of anilines is 3. The fourth-order valence-electron chi connectivity index (χ4n) is 6.22. The van der Waals surface area contributed by atoms with Crippen molar-refractivity contribution in [1.82, 2.24) is 4.90 Å². The van der Waals surface area contributed by atoms with Gasteiger partial charge in [-0.15, -0.1) is 0 Å². The standard InChI is InChI=1S/C34H42N4O2/c1-24-13-18-37(19-14-24)17-5-21-40-33-23-28(8-10-29(33)26-9-11-30-27(22-26)12-16-35-30)34(39)38-20-15-25(2)36-31-6-3-4-7-32(31)38/h3-4,6-11,22-25,35-36H,5,12-21H2,1-2H3/t25-/m0/s1. The fourth-order valence-corrected chi connectivity index (χ4v) is 6.22. The number of para-hydroxylation sites is 2. The largest absolute Gasteiger partial charge is 0.493 e. The van der Waals surface area contributed by atoms with Gasteiger partial charge in [0.1, 0.15) is 5.75 Å². The lowest BCUT2D eigenvalue weighted by Crippen LogP contribution is -2.34. The van der Waals surface area contributed by atoms with Crippen molar-refractivity contribution in [2.45, 2.75) is 52.0 Å². The summed E-state index contributed by atoms with van der Waals surface area (Å²) in [6.07, 6.45) is 5.47. The third kappa shape index (κ3) is 5.83. The molecule has 1 fully saturated rings. The van der Waals surface area contributed by atoms with Gasteiger partial charge >= 0.3 is 0 Å². The van der Waals surface area contributed by atoms with E-state index >= 15 is 0 Å². The summed E-state index contributed by atoms with van der Waals surface area (Å²) in [6, 6.07) is 21.0. The van der Waals surface area contributed by atoms with E-state index in [1.165, 1.54) is 37.2 Å². The maximum absolute atomic E-state index is 14.0. The molecule has 210 valence electrons. The van der Waals surface area contributed by atoms with Crippen molar-refractivity contribution in [3.05, 3.63) is 71.8 Å². The molecule has 3 aromatic carbocycles. The monoisotopic (exact) mass is 538 g/mol. The summed E-state index contributed by atoms with van der Waals surface area (Å²) in [7, 11) is 0. The van der Waals surface area contributed by atoms with Gasteiger partial charge in [0.2, 0.25) is 0 Å². The number of amides is 1. The van der Waals surface area contributed by atoms with Gasteiger partial charge in [-0.2, -0.15) is 0 Å². The number of hydrogen-bond acceptors (Lipinski definition) is 5. The van der Waals surface area contributed by atoms with Crippen LogP contribution >= 0.6 is 0 Å². The van der Waals surface area contributed by atoms with Crippen molar-refractivity contribution >= 4 is 23.0 Å². The van der Waals surface area contributed by atoms with E-state index in [-0.39, 0.29) is 5.91 Å². The van der Waals surface area contributed by atoms with Gasteiger partial charge in [-0.3, -0.25) is 4.79 Å². The summed E-state index contributed by atoms with van der Waals surface area (Å²) in [5.41, 5.74) is 7.35. The van der Waals surface area contributed by atoms with E-state index in [0.29, 0.717) is 24.8 Å². The Bertz CT molecular complexity index is 1350. The highest BCUT2D eigenvalue weighted by atomic mass is 16.5. The number of rotatable bonds is 7. The quantitative estimate of drug-likeness (QED) is 0.329. The second-order valence-electron chi connectivity index (χ2n) is 11.8. The van der Waals surface area contributed by atoms with Crippen LogP contribution in [0.1, 0.15) is 55.5 Å². The van der Waals surface area contributed by atoms with Crippen LogP contribution in [0.15, 0.2) is 60.7 Å². The van der Waals surface area contributed by atoms with Crippen LogP contribution in [0.3, 0.4) is 0 Å². The molecule has 0 bridgehead atoms. The first kappa shape index (κ1) is 26.7. The van der Waals surface area contributed by atoms with Crippen LogP contribution in [0.25, 0.3) is 11.1 Å². The lowest BCUT2D eigenvalue weighted by Gasteiger charge is -2.30. The Morgan fingerprint density at radius 2 is 1.80 bits per heavy atom. The second-order valence-corrected chi connectivity index (χ2v) is 11.8. The molecule has 6 heteroatoms. The van der Waals surface area contributed by atoms with Crippen molar-refractivity contribution < 1.29 is 9.53 Å². The Morgan fingerprint density at radius 1 is 0.950 bits per heavy atom. The molecule has 3 heterocycles. The number of ether oxygens (including phenoxy) is 1. The zero-order chi connectivity index (χ0) is 27.5.